The number of hydrogen-bond acceptors (Lipinski definition) is 7. The molecule has 0 aromatic heterocycles. The molecule has 5 N–H and O–H groups in total. The first kappa shape index (κ1) is 20.1. The van der Waals surface area contributed by atoms with Crippen LogP contribution >= 0.6 is 8.45 Å². The van der Waals surface area contributed by atoms with Gasteiger partial charge in [-0.3, -0.25) is 0 Å². The summed E-state index contributed by atoms with van der Waals surface area (Å²) in [5.41, 5.74) is 12.9. The zero-order valence-electron chi connectivity index (χ0n) is 14.1. The molecular weight excluding hydrogens is 275 g/mol. The molecule has 0 bridgehead atoms. The van der Waals surface area contributed by atoms with E-state index >= 15 is 0 Å². The predicted octanol–water partition coefficient (Wildman–Crippen LogP) is 1.46. The zero-order chi connectivity index (χ0) is 15.9. The Morgan fingerprint density at radius 3 is 0.950 bits per heavy atom. The molecule has 0 aliphatic rings. The van der Waals surface area contributed by atoms with Crippen LogP contribution in [0.1, 0.15) is 55.4 Å². The van der Waals surface area contributed by atoms with Crippen molar-refractivity contribution in [2.45, 2.75) is 79.6 Å². The molecule has 122 valence electrons. The van der Waals surface area contributed by atoms with E-state index in [1.807, 2.05) is 55.4 Å². The van der Waals surface area contributed by atoms with Crippen LogP contribution < -0.4 is 21.7 Å². The minimum Gasteiger partial charge on any atom is -0.344 e. The summed E-state index contributed by atoms with van der Waals surface area (Å²) in [6.45, 7) is 16.3. The lowest BCUT2D eigenvalue weighted by atomic mass is 10.4. The third-order valence-electron chi connectivity index (χ3n) is 1.88. The molecule has 0 saturated carbocycles. The average molecular weight is 308 g/mol. The topological polar surface area (TPSA) is 74.8 Å². The fourth-order valence-corrected chi connectivity index (χ4v) is 2.86. The minimum absolute atomic E-state index is 0.221. The van der Waals surface area contributed by atoms with E-state index in [-0.39, 0.29) is 24.2 Å². The van der Waals surface area contributed by atoms with E-state index < -0.39 is 8.45 Å². The van der Waals surface area contributed by atoms with Crippen molar-refractivity contribution in [3.63, 3.8) is 0 Å². The molecule has 0 heterocycles. The van der Waals surface area contributed by atoms with Gasteiger partial charge in [-0.15, -0.1) is 9.78 Å². The van der Waals surface area contributed by atoms with Gasteiger partial charge in [0, 0.05) is 24.2 Å². The van der Waals surface area contributed by atoms with Gasteiger partial charge >= 0.3 is 0 Å². The zero-order valence-corrected chi connectivity index (χ0v) is 15.0. The number of hydrogen-bond donors (Lipinski definition) is 5. The Kier molecular flexibility index (Phi) is 10.0. The van der Waals surface area contributed by atoms with Gasteiger partial charge in [0.2, 0.25) is 8.45 Å². The number of nitrogens with one attached hydrogen (secondary N) is 4. The summed E-state index contributed by atoms with van der Waals surface area (Å²) in [7, 11) is -1.62. The average Bonchev–Trinajstić information content (AvgIpc) is 2.23. The normalized spacial score (nSPS) is 13.2. The lowest BCUT2D eigenvalue weighted by molar-refractivity contribution is 0.123. The van der Waals surface area contributed by atoms with Crippen LogP contribution in [0.3, 0.4) is 0 Å². The summed E-state index contributed by atoms with van der Waals surface area (Å²) in [4.78, 5) is 14.0. The van der Waals surface area contributed by atoms with E-state index in [1.165, 1.54) is 0 Å². The van der Waals surface area contributed by atoms with Gasteiger partial charge in [0.05, 0.1) is 0 Å². The smallest absolute Gasteiger partial charge is 0.244 e. The van der Waals surface area contributed by atoms with Crippen molar-refractivity contribution in [2.24, 2.45) is 0 Å². The molecule has 0 unspecified atom stereocenters. The molecule has 0 aromatic carbocycles. The van der Waals surface area contributed by atoms with Crippen LogP contribution in [-0.2, 0) is 0 Å². The van der Waals surface area contributed by atoms with Gasteiger partial charge in [-0.1, -0.05) is 0 Å². The van der Waals surface area contributed by atoms with Crippen LogP contribution in [-0.4, -0.2) is 38.8 Å². The summed E-state index contributed by atoms with van der Waals surface area (Å²) >= 11 is 0. The van der Waals surface area contributed by atoms with E-state index in [0.29, 0.717) is 0 Å². The van der Waals surface area contributed by atoms with E-state index in [0.717, 1.165) is 0 Å². The number of rotatable bonds is 10. The Morgan fingerprint density at radius 2 is 0.800 bits per heavy atom. The van der Waals surface area contributed by atoms with Crippen LogP contribution in [0.4, 0.5) is 0 Å². The Bertz CT molecular complexity index is 208. The second-order valence-electron chi connectivity index (χ2n) is 6.03. The Hall–Kier alpha value is 0.150. The van der Waals surface area contributed by atoms with Gasteiger partial charge in [0.15, 0.2) is 0 Å². The van der Waals surface area contributed by atoms with Crippen LogP contribution in [0.25, 0.3) is 0 Å². The second kappa shape index (κ2) is 9.97. The molecule has 0 atom stereocenters. The molecular formula is C12H33N6OP. The molecule has 0 aliphatic heterocycles. The van der Waals surface area contributed by atoms with Gasteiger partial charge in [-0.2, -0.15) is 0 Å². The summed E-state index contributed by atoms with van der Waals surface area (Å²) in [5.74, 6) is 0. The van der Waals surface area contributed by atoms with E-state index in [1.54, 1.807) is 9.78 Å². The van der Waals surface area contributed by atoms with Crippen molar-refractivity contribution in [2.75, 3.05) is 0 Å². The maximum Gasteiger partial charge on any atom is 0.244 e. The first-order chi connectivity index (χ1) is 9.13. The predicted molar refractivity (Wildman–Crippen MR) is 85.9 cm³/mol. The highest BCUT2D eigenvalue weighted by Gasteiger charge is 2.27. The van der Waals surface area contributed by atoms with E-state index in [2.05, 4.69) is 21.7 Å². The third-order valence-corrected chi connectivity index (χ3v) is 3.06. The molecule has 7 nitrogen and oxygen atoms in total. The fraction of sp³-hybridized carbons (Fsp3) is 1.00. The SMILES string of the molecule is CC(C)NN(NC(C)C)P(O)N(NC(C)C)NC(C)C. The maximum absolute atomic E-state index is 10.6. The van der Waals surface area contributed by atoms with E-state index in [4.69, 9.17) is 0 Å². The summed E-state index contributed by atoms with van der Waals surface area (Å²) in [6.07, 6.45) is 0. The molecule has 0 fully saturated rings. The Labute approximate surface area is 125 Å². The van der Waals surface area contributed by atoms with E-state index in [9.17, 15) is 4.89 Å². The number of hydrazine groups is 4. The molecule has 0 rings (SSSR count). The van der Waals surface area contributed by atoms with Crippen molar-refractivity contribution in [3.8, 4) is 0 Å². The molecule has 0 aliphatic carbocycles. The molecule has 0 radical (unpaired) electrons. The molecule has 0 spiro atoms. The molecule has 0 saturated heterocycles. The van der Waals surface area contributed by atoms with Crippen molar-refractivity contribution < 1.29 is 4.89 Å². The second-order valence-corrected chi connectivity index (χ2v) is 7.36. The van der Waals surface area contributed by atoms with Crippen LogP contribution in [0.2, 0.25) is 0 Å². The highest BCUT2D eigenvalue weighted by Crippen LogP contribution is 2.34. The van der Waals surface area contributed by atoms with Crippen LogP contribution in [0.15, 0.2) is 0 Å². The lowest BCUT2D eigenvalue weighted by Gasteiger charge is -2.38. The standard InChI is InChI=1S/C12H33N6OP/c1-9(2)13-17(14-10(3)4)20(19)18(15-11(5)6)16-12(7)8/h9-16,19H,1-8H3. The lowest BCUT2D eigenvalue weighted by Crippen LogP contribution is -2.58. The monoisotopic (exact) mass is 308 g/mol. The highest BCUT2D eigenvalue weighted by molar-refractivity contribution is 7.45. The molecule has 0 amide bonds. The van der Waals surface area contributed by atoms with Gasteiger partial charge in [-0.25, -0.2) is 21.7 Å². The first-order valence-corrected chi connectivity index (χ1v) is 8.47. The number of nitrogens with zero attached hydrogens (tertiary/aromatic N) is 2. The third kappa shape index (κ3) is 9.15. The fourth-order valence-electron chi connectivity index (χ4n) is 1.35. The van der Waals surface area contributed by atoms with Gasteiger partial charge in [0.25, 0.3) is 0 Å². The van der Waals surface area contributed by atoms with Gasteiger partial charge < -0.3 is 4.89 Å². The van der Waals surface area contributed by atoms with Crippen LogP contribution in [0, 0.1) is 0 Å². The Balaban J connectivity index is 4.85. The van der Waals surface area contributed by atoms with Gasteiger partial charge in [0.1, 0.15) is 0 Å². The van der Waals surface area contributed by atoms with Crippen molar-refractivity contribution in [1.29, 1.82) is 0 Å². The first-order valence-electron chi connectivity index (χ1n) is 7.27. The van der Waals surface area contributed by atoms with Crippen molar-refractivity contribution in [3.05, 3.63) is 0 Å². The highest BCUT2D eigenvalue weighted by atomic mass is 31.2. The van der Waals surface area contributed by atoms with Gasteiger partial charge in [-0.05, 0) is 55.4 Å². The molecule has 20 heavy (non-hydrogen) atoms. The maximum atomic E-state index is 10.6. The molecule has 0 aromatic rings. The van der Waals surface area contributed by atoms with Crippen molar-refractivity contribution >= 4 is 8.45 Å². The summed E-state index contributed by atoms with van der Waals surface area (Å²) in [5, 5.41) is 0. The largest absolute Gasteiger partial charge is 0.344 e. The van der Waals surface area contributed by atoms with Crippen LogP contribution in [0.5, 0.6) is 0 Å². The quantitative estimate of drug-likeness (QED) is 0.309. The summed E-state index contributed by atoms with van der Waals surface area (Å²) < 4.78 is 0. The molecule has 8 heteroatoms. The minimum atomic E-state index is -1.62. The summed E-state index contributed by atoms with van der Waals surface area (Å²) in [6, 6.07) is 0.883. The van der Waals surface area contributed by atoms with Crippen molar-refractivity contribution in [1.82, 2.24) is 31.5 Å². The Morgan fingerprint density at radius 1 is 0.600 bits per heavy atom.